The maximum atomic E-state index is 12.8. The SMILES string of the molecule is NC(=O)c1ccsc1NC(=O)/C=C/c1ccc(S(=O)(=O)N2CCCCCC2)cc1. The summed E-state index contributed by atoms with van der Waals surface area (Å²) >= 11 is 1.21. The van der Waals surface area contributed by atoms with Crippen molar-refractivity contribution in [2.45, 2.75) is 30.6 Å². The number of benzene rings is 1. The molecular weight excluding hydrogens is 410 g/mol. The summed E-state index contributed by atoms with van der Waals surface area (Å²) < 4.78 is 27.1. The van der Waals surface area contributed by atoms with Crippen LogP contribution in [0, 0.1) is 0 Å². The third kappa shape index (κ3) is 5.31. The molecule has 1 aliphatic rings. The molecule has 7 nitrogen and oxygen atoms in total. The van der Waals surface area contributed by atoms with Crippen LogP contribution in [-0.2, 0) is 14.8 Å². The third-order valence-corrected chi connectivity index (χ3v) is 7.42. The number of nitrogens with zero attached hydrogens (tertiary/aromatic N) is 1. The first-order valence-electron chi connectivity index (χ1n) is 9.34. The number of carbonyl (C=O) groups is 2. The quantitative estimate of drug-likeness (QED) is 0.682. The van der Waals surface area contributed by atoms with Crippen molar-refractivity contribution < 1.29 is 18.0 Å². The van der Waals surface area contributed by atoms with Gasteiger partial charge < -0.3 is 11.1 Å². The van der Waals surface area contributed by atoms with Crippen LogP contribution in [0.1, 0.15) is 41.6 Å². The molecule has 2 heterocycles. The van der Waals surface area contributed by atoms with E-state index in [-0.39, 0.29) is 10.5 Å². The van der Waals surface area contributed by atoms with Crippen LogP contribution < -0.4 is 11.1 Å². The highest BCUT2D eigenvalue weighted by atomic mass is 32.2. The predicted molar refractivity (Wildman–Crippen MR) is 114 cm³/mol. The highest BCUT2D eigenvalue weighted by Gasteiger charge is 2.24. The maximum absolute atomic E-state index is 12.8. The number of thiophene rings is 1. The molecule has 3 rings (SSSR count). The Kier molecular flexibility index (Phi) is 6.83. The van der Waals surface area contributed by atoms with Gasteiger partial charge in [-0.1, -0.05) is 25.0 Å². The zero-order chi connectivity index (χ0) is 20.9. The van der Waals surface area contributed by atoms with E-state index >= 15 is 0 Å². The van der Waals surface area contributed by atoms with E-state index in [0.717, 1.165) is 25.7 Å². The molecule has 154 valence electrons. The van der Waals surface area contributed by atoms with E-state index in [4.69, 9.17) is 5.73 Å². The molecule has 2 amide bonds. The number of rotatable bonds is 6. The first-order valence-corrected chi connectivity index (χ1v) is 11.7. The highest BCUT2D eigenvalue weighted by molar-refractivity contribution is 7.89. The fourth-order valence-corrected chi connectivity index (χ4v) is 5.42. The van der Waals surface area contributed by atoms with Crippen molar-refractivity contribution in [2.75, 3.05) is 18.4 Å². The molecule has 0 radical (unpaired) electrons. The van der Waals surface area contributed by atoms with Gasteiger partial charge in [0.25, 0.3) is 5.91 Å². The molecule has 0 unspecified atom stereocenters. The number of nitrogens with two attached hydrogens (primary N) is 1. The first kappa shape index (κ1) is 21.2. The van der Waals surface area contributed by atoms with E-state index in [0.29, 0.717) is 23.7 Å². The van der Waals surface area contributed by atoms with E-state index in [1.54, 1.807) is 46.1 Å². The van der Waals surface area contributed by atoms with E-state index in [9.17, 15) is 18.0 Å². The normalized spacial score (nSPS) is 15.9. The smallest absolute Gasteiger partial charge is 0.251 e. The molecule has 0 bridgehead atoms. The lowest BCUT2D eigenvalue weighted by atomic mass is 10.2. The van der Waals surface area contributed by atoms with E-state index in [1.165, 1.54) is 17.4 Å². The van der Waals surface area contributed by atoms with Gasteiger partial charge in [0, 0.05) is 19.2 Å². The van der Waals surface area contributed by atoms with Crippen molar-refractivity contribution in [2.24, 2.45) is 5.73 Å². The van der Waals surface area contributed by atoms with Gasteiger partial charge in [-0.15, -0.1) is 11.3 Å². The molecule has 9 heteroatoms. The van der Waals surface area contributed by atoms with Crippen molar-refractivity contribution in [1.29, 1.82) is 0 Å². The second kappa shape index (κ2) is 9.34. The van der Waals surface area contributed by atoms with Crippen molar-refractivity contribution in [1.82, 2.24) is 4.31 Å². The predicted octanol–water partition coefficient (Wildman–Crippen LogP) is 3.06. The van der Waals surface area contributed by atoms with Gasteiger partial charge in [-0.25, -0.2) is 8.42 Å². The largest absolute Gasteiger partial charge is 0.366 e. The number of amides is 2. The monoisotopic (exact) mass is 433 g/mol. The molecule has 0 atom stereocenters. The standard InChI is InChI=1S/C20H23N3O4S2/c21-19(25)17-11-14-28-20(17)22-18(24)10-7-15-5-8-16(9-6-15)29(26,27)23-12-3-1-2-4-13-23/h5-11,14H,1-4,12-13H2,(H2,21,25)(H,22,24)/b10-7+. The van der Waals surface area contributed by atoms with Gasteiger partial charge in [-0.2, -0.15) is 4.31 Å². The Morgan fingerprint density at radius 2 is 1.69 bits per heavy atom. The zero-order valence-electron chi connectivity index (χ0n) is 15.8. The number of carbonyl (C=O) groups excluding carboxylic acids is 2. The summed E-state index contributed by atoms with van der Waals surface area (Å²) in [6.45, 7) is 1.11. The summed E-state index contributed by atoms with van der Waals surface area (Å²) in [6.07, 6.45) is 6.79. The average Bonchev–Trinajstić information content (AvgIpc) is 2.98. The molecule has 1 aliphatic heterocycles. The van der Waals surface area contributed by atoms with Crippen LogP contribution in [0.4, 0.5) is 5.00 Å². The molecule has 1 saturated heterocycles. The Balaban J connectivity index is 1.66. The molecule has 29 heavy (non-hydrogen) atoms. The van der Waals surface area contributed by atoms with Crippen LogP contribution in [-0.4, -0.2) is 37.6 Å². The molecule has 0 aliphatic carbocycles. The minimum absolute atomic E-state index is 0.255. The van der Waals surface area contributed by atoms with Crippen LogP contribution in [0.5, 0.6) is 0 Å². The summed E-state index contributed by atoms with van der Waals surface area (Å²) in [5.74, 6) is -1.01. The van der Waals surface area contributed by atoms with Gasteiger partial charge >= 0.3 is 0 Å². The minimum Gasteiger partial charge on any atom is -0.366 e. The minimum atomic E-state index is -3.49. The van der Waals surface area contributed by atoms with E-state index < -0.39 is 21.8 Å². The number of hydrogen-bond donors (Lipinski definition) is 2. The molecule has 1 fully saturated rings. The van der Waals surface area contributed by atoms with Crippen LogP contribution in [0.15, 0.2) is 46.7 Å². The number of hydrogen-bond acceptors (Lipinski definition) is 5. The van der Waals surface area contributed by atoms with Gasteiger partial charge in [-0.05, 0) is 48.1 Å². The van der Waals surface area contributed by atoms with E-state index in [1.807, 2.05) is 0 Å². The third-order valence-electron chi connectivity index (χ3n) is 4.68. The lowest BCUT2D eigenvalue weighted by Gasteiger charge is -2.19. The first-order chi connectivity index (χ1) is 13.9. The lowest BCUT2D eigenvalue weighted by Crippen LogP contribution is -2.31. The Bertz CT molecular complexity index is 1000. The molecule has 2 aromatic rings. The van der Waals surface area contributed by atoms with Crippen molar-refractivity contribution in [3.8, 4) is 0 Å². The van der Waals surface area contributed by atoms with Gasteiger partial charge in [-0.3, -0.25) is 9.59 Å². The molecule has 1 aromatic heterocycles. The summed E-state index contributed by atoms with van der Waals surface area (Å²) in [7, 11) is -3.49. The molecule has 0 spiro atoms. The summed E-state index contributed by atoms with van der Waals surface area (Å²) in [5, 5.41) is 4.68. The Labute approximate surface area is 174 Å². The summed E-state index contributed by atoms with van der Waals surface area (Å²) in [6, 6.07) is 7.99. The Morgan fingerprint density at radius 1 is 1.03 bits per heavy atom. The Morgan fingerprint density at radius 3 is 2.31 bits per heavy atom. The second-order valence-corrected chi connectivity index (χ2v) is 9.59. The Hall–Kier alpha value is -2.49. The van der Waals surface area contributed by atoms with Crippen LogP contribution in [0.3, 0.4) is 0 Å². The number of anilines is 1. The van der Waals surface area contributed by atoms with E-state index in [2.05, 4.69) is 5.32 Å². The number of nitrogens with one attached hydrogen (secondary N) is 1. The molecule has 0 saturated carbocycles. The van der Waals surface area contributed by atoms with Crippen molar-refractivity contribution in [3.05, 3.63) is 52.9 Å². The zero-order valence-corrected chi connectivity index (χ0v) is 17.5. The highest BCUT2D eigenvalue weighted by Crippen LogP contribution is 2.23. The molecular formula is C20H23N3O4S2. The lowest BCUT2D eigenvalue weighted by molar-refractivity contribution is -0.111. The number of primary amides is 1. The number of sulfonamides is 1. The fourth-order valence-electron chi connectivity index (χ4n) is 3.11. The van der Waals surface area contributed by atoms with Crippen LogP contribution in [0.2, 0.25) is 0 Å². The van der Waals surface area contributed by atoms with Crippen molar-refractivity contribution >= 4 is 44.3 Å². The second-order valence-electron chi connectivity index (χ2n) is 6.74. The van der Waals surface area contributed by atoms with Gasteiger partial charge in [0.15, 0.2) is 0 Å². The van der Waals surface area contributed by atoms with Gasteiger partial charge in [0.2, 0.25) is 15.9 Å². The molecule has 1 aromatic carbocycles. The summed E-state index contributed by atoms with van der Waals surface area (Å²) in [5.41, 5.74) is 6.21. The summed E-state index contributed by atoms with van der Waals surface area (Å²) in [4.78, 5) is 23.6. The topological polar surface area (TPSA) is 110 Å². The maximum Gasteiger partial charge on any atom is 0.251 e. The van der Waals surface area contributed by atoms with Gasteiger partial charge in [0.1, 0.15) is 5.00 Å². The van der Waals surface area contributed by atoms with Gasteiger partial charge in [0.05, 0.1) is 10.5 Å². The average molecular weight is 434 g/mol. The van der Waals surface area contributed by atoms with Crippen molar-refractivity contribution in [3.63, 3.8) is 0 Å². The van der Waals surface area contributed by atoms with Crippen LogP contribution >= 0.6 is 11.3 Å². The fraction of sp³-hybridized carbons (Fsp3) is 0.300. The molecule has 3 N–H and O–H groups in total. The van der Waals surface area contributed by atoms with Crippen LogP contribution in [0.25, 0.3) is 6.08 Å².